The standard InChI is InChI=1S/C24H41N9O9/c1-2-24(18-37-12-15-40-21(34)6-3-9-28-31-25,19-38-13-16-41-22(35)7-4-10-29-32-26)20-39-14-17-42-23(36)8-5-11-30-33-27/h2-20H2,1H3. The van der Waals surface area contributed by atoms with E-state index in [1.165, 1.54) is 0 Å². The van der Waals surface area contributed by atoms with Crippen LogP contribution in [-0.2, 0) is 42.8 Å². The summed E-state index contributed by atoms with van der Waals surface area (Å²) < 4.78 is 32.6. The molecule has 0 bridgehead atoms. The number of nitrogens with zero attached hydrogens (tertiary/aromatic N) is 9. The largest absolute Gasteiger partial charge is 0.463 e. The summed E-state index contributed by atoms with van der Waals surface area (Å²) in [5.74, 6) is -1.25. The van der Waals surface area contributed by atoms with Gasteiger partial charge in [0.15, 0.2) is 0 Å². The molecule has 0 aliphatic rings. The minimum Gasteiger partial charge on any atom is -0.463 e. The molecule has 0 aromatic heterocycles. The van der Waals surface area contributed by atoms with Crippen LogP contribution in [0.5, 0.6) is 0 Å². The Balaban J connectivity index is 4.61. The zero-order chi connectivity index (χ0) is 31.2. The van der Waals surface area contributed by atoms with Gasteiger partial charge in [-0.2, -0.15) is 0 Å². The van der Waals surface area contributed by atoms with Gasteiger partial charge in [-0.05, 0) is 42.3 Å². The number of hydrogen-bond donors (Lipinski definition) is 0. The molecule has 0 N–H and O–H groups in total. The number of esters is 3. The third-order valence-corrected chi connectivity index (χ3v) is 5.55. The maximum atomic E-state index is 11.7. The summed E-state index contributed by atoms with van der Waals surface area (Å²) in [6.45, 7) is 3.82. The normalized spacial score (nSPS) is 11.6. The Morgan fingerprint density at radius 1 is 0.571 bits per heavy atom. The summed E-state index contributed by atoms with van der Waals surface area (Å²) in [4.78, 5) is 43.1. The van der Waals surface area contributed by atoms with Crippen LogP contribution in [0.1, 0.15) is 51.9 Å². The van der Waals surface area contributed by atoms with E-state index in [4.69, 9.17) is 45.0 Å². The number of azide groups is 3. The summed E-state index contributed by atoms with van der Waals surface area (Å²) >= 11 is 0. The van der Waals surface area contributed by atoms with Gasteiger partial charge in [-0.3, -0.25) is 14.4 Å². The van der Waals surface area contributed by atoms with Gasteiger partial charge in [0.05, 0.1) is 39.6 Å². The second-order valence-electron chi connectivity index (χ2n) is 8.85. The average Bonchev–Trinajstić information content (AvgIpc) is 2.98. The van der Waals surface area contributed by atoms with Gasteiger partial charge in [0, 0.05) is 59.0 Å². The predicted molar refractivity (Wildman–Crippen MR) is 148 cm³/mol. The van der Waals surface area contributed by atoms with Crippen LogP contribution in [0, 0.1) is 5.41 Å². The fourth-order valence-corrected chi connectivity index (χ4v) is 3.17. The lowest BCUT2D eigenvalue weighted by Crippen LogP contribution is -2.38. The molecule has 0 saturated heterocycles. The highest BCUT2D eigenvalue weighted by Crippen LogP contribution is 2.24. The topological polar surface area (TPSA) is 253 Å². The maximum absolute atomic E-state index is 11.7. The minimum absolute atomic E-state index is 0.0487. The van der Waals surface area contributed by atoms with Crippen LogP contribution < -0.4 is 0 Å². The van der Waals surface area contributed by atoms with E-state index in [1.54, 1.807) is 0 Å². The molecule has 0 amide bonds. The molecule has 0 unspecified atom stereocenters. The van der Waals surface area contributed by atoms with Crippen LogP contribution in [0.15, 0.2) is 15.3 Å². The Labute approximate surface area is 244 Å². The summed E-state index contributed by atoms with van der Waals surface area (Å²) in [7, 11) is 0. The van der Waals surface area contributed by atoms with Gasteiger partial charge in [-0.15, -0.1) is 0 Å². The number of ether oxygens (including phenoxy) is 6. The van der Waals surface area contributed by atoms with Crippen LogP contribution in [0.3, 0.4) is 0 Å². The quantitative estimate of drug-likeness (QED) is 0.0309. The smallest absolute Gasteiger partial charge is 0.305 e. The van der Waals surface area contributed by atoms with Gasteiger partial charge in [0.1, 0.15) is 19.8 Å². The van der Waals surface area contributed by atoms with Crippen LogP contribution in [0.4, 0.5) is 0 Å². The summed E-state index contributed by atoms with van der Waals surface area (Å²) in [5.41, 5.74) is 24.2. The lowest BCUT2D eigenvalue weighted by atomic mass is 9.88. The van der Waals surface area contributed by atoms with E-state index in [0.717, 1.165) is 0 Å². The van der Waals surface area contributed by atoms with Crippen molar-refractivity contribution in [3.05, 3.63) is 31.3 Å². The first-order chi connectivity index (χ1) is 20.4. The Hall–Kier alpha value is -3.78. The molecule has 0 aromatic rings. The fourth-order valence-electron chi connectivity index (χ4n) is 3.17. The van der Waals surface area contributed by atoms with Crippen LogP contribution >= 0.6 is 0 Å². The van der Waals surface area contributed by atoms with Crippen molar-refractivity contribution in [2.24, 2.45) is 20.8 Å². The van der Waals surface area contributed by atoms with Gasteiger partial charge in [0.25, 0.3) is 0 Å². The Morgan fingerprint density at radius 2 is 0.881 bits per heavy atom. The first kappa shape index (κ1) is 38.2. The highest BCUT2D eigenvalue weighted by Gasteiger charge is 2.30. The fraction of sp³-hybridized carbons (Fsp3) is 0.875. The van der Waals surface area contributed by atoms with E-state index in [0.29, 0.717) is 25.7 Å². The van der Waals surface area contributed by atoms with Crippen molar-refractivity contribution < 1.29 is 42.8 Å². The van der Waals surface area contributed by atoms with Gasteiger partial charge in [0.2, 0.25) is 0 Å². The predicted octanol–water partition coefficient (Wildman–Crippen LogP) is 4.33. The zero-order valence-corrected chi connectivity index (χ0v) is 24.1. The van der Waals surface area contributed by atoms with E-state index >= 15 is 0 Å². The second-order valence-corrected chi connectivity index (χ2v) is 8.85. The Morgan fingerprint density at radius 3 is 1.14 bits per heavy atom. The molecule has 0 rings (SSSR count). The zero-order valence-electron chi connectivity index (χ0n) is 24.1. The van der Waals surface area contributed by atoms with Crippen LogP contribution in [-0.4, -0.2) is 97.0 Å². The maximum Gasteiger partial charge on any atom is 0.305 e. The summed E-state index contributed by atoms with van der Waals surface area (Å²) in [5, 5.41) is 10.1. The molecule has 18 heteroatoms. The summed E-state index contributed by atoms with van der Waals surface area (Å²) in [6, 6.07) is 0. The molecule has 0 aromatic carbocycles. The van der Waals surface area contributed by atoms with E-state index in [9.17, 15) is 14.4 Å². The number of hydrogen-bond acceptors (Lipinski definition) is 12. The van der Waals surface area contributed by atoms with E-state index in [1.807, 2.05) is 6.92 Å². The lowest BCUT2D eigenvalue weighted by molar-refractivity contribution is -0.147. The molecule has 0 heterocycles. The van der Waals surface area contributed by atoms with Gasteiger partial charge in [-0.25, -0.2) is 0 Å². The van der Waals surface area contributed by atoms with E-state index < -0.39 is 23.3 Å². The van der Waals surface area contributed by atoms with Crippen LogP contribution in [0.2, 0.25) is 0 Å². The van der Waals surface area contributed by atoms with E-state index in [-0.39, 0.29) is 98.4 Å². The molecule has 0 radical (unpaired) electrons. The second kappa shape index (κ2) is 27.4. The molecule has 42 heavy (non-hydrogen) atoms. The first-order valence-corrected chi connectivity index (χ1v) is 13.7. The third-order valence-electron chi connectivity index (χ3n) is 5.55. The SMILES string of the molecule is CCC(COCCOC(=O)CCCN=[N+]=[N-])(COCCOC(=O)CCCN=[N+]=[N-])COCCOC(=O)CCCN=[N+]=[N-]. The van der Waals surface area contributed by atoms with Gasteiger partial charge in [-0.1, -0.05) is 22.3 Å². The van der Waals surface area contributed by atoms with Crippen molar-refractivity contribution in [2.45, 2.75) is 51.9 Å². The van der Waals surface area contributed by atoms with Crippen molar-refractivity contribution in [1.29, 1.82) is 0 Å². The Bertz CT molecular complexity index is 807. The minimum atomic E-state index is -0.585. The molecule has 0 aliphatic carbocycles. The molecule has 0 saturated carbocycles. The highest BCUT2D eigenvalue weighted by atomic mass is 16.6. The molecule has 0 atom stereocenters. The van der Waals surface area contributed by atoms with Crippen molar-refractivity contribution >= 4 is 17.9 Å². The first-order valence-electron chi connectivity index (χ1n) is 13.7. The molecule has 18 nitrogen and oxygen atoms in total. The molecular weight excluding hydrogens is 558 g/mol. The molecule has 236 valence electrons. The number of carbonyl (C=O) groups excluding carboxylic acids is 3. The number of carbonyl (C=O) groups is 3. The highest BCUT2D eigenvalue weighted by molar-refractivity contribution is 5.69. The van der Waals surface area contributed by atoms with Crippen molar-refractivity contribution in [3.63, 3.8) is 0 Å². The summed E-state index contributed by atoms with van der Waals surface area (Å²) in [6.07, 6.45) is 2.20. The Kier molecular flexibility index (Phi) is 24.9. The van der Waals surface area contributed by atoms with Crippen LogP contribution in [0.25, 0.3) is 31.3 Å². The van der Waals surface area contributed by atoms with Crippen molar-refractivity contribution in [1.82, 2.24) is 0 Å². The van der Waals surface area contributed by atoms with E-state index in [2.05, 4.69) is 30.1 Å². The molecule has 0 fully saturated rings. The van der Waals surface area contributed by atoms with Crippen molar-refractivity contribution in [2.75, 3.05) is 79.1 Å². The molecule has 0 spiro atoms. The number of rotatable bonds is 28. The van der Waals surface area contributed by atoms with Gasteiger partial charge >= 0.3 is 17.9 Å². The molecular formula is C24H41N9O9. The van der Waals surface area contributed by atoms with Crippen molar-refractivity contribution in [3.8, 4) is 0 Å². The average molecular weight is 600 g/mol. The van der Waals surface area contributed by atoms with Gasteiger partial charge < -0.3 is 28.4 Å². The monoisotopic (exact) mass is 599 g/mol. The molecule has 0 aliphatic heterocycles. The lowest BCUT2D eigenvalue weighted by Gasteiger charge is -2.32. The third kappa shape index (κ3) is 23.0.